The van der Waals surface area contributed by atoms with Crippen LogP contribution in [0.3, 0.4) is 0 Å². The van der Waals surface area contributed by atoms with E-state index < -0.39 is 6.10 Å². The molecule has 1 N–H and O–H groups in total. The topological polar surface area (TPSA) is 55.4 Å². The molecule has 116 valence electrons. The van der Waals surface area contributed by atoms with E-state index in [0.29, 0.717) is 12.1 Å². The minimum atomic E-state index is -0.480. The number of hydrogen-bond acceptors (Lipinski definition) is 3. The molecule has 0 aliphatic carbocycles. The first-order chi connectivity index (χ1) is 10.2. The molecule has 2 aromatic rings. The van der Waals surface area contributed by atoms with E-state index in [9.17, 15) is 9.90 Å². The van der Waals surface area contributed by atoms with Crippen LogP contribution in [-0.2, 0) is 6.54 Å². The molecule has 0 radical (unpaired) electrons. The Bertz CT molecular complexity index is 626. The van der Waals surface area contributed by atoms with E-state index in [-0.39, 0.29) is 5.76 Å². The summed E-state index contributed by atoms with van der Waals surface area (Å²) in [4.78, 5) is 11.8. The van der Waals surface area contributed by atoms with Crippen molar-refractivity contribution in [1.29, 1.82) is 0 Å². The van der Waals surface area contributed by atoms with Crippen molar-refractivity contribution in [2.45, 2.75) is 65.0 Å². The predicted molar refractivity (Wildman–Crippen MR) is 84.5 cm³/mol. The van der Waals surface area contributed by atoms with Crippen LogP contribution in [0.15, 0.2) is 27.4 Å². The van der Waals surface area contributed by atoms with Crippen LogP contribution in [-0.4, -0.2) is 9.67 Å². The number of rotatable bonds is 8. The van der Waals surface area contributed by atoms with Crippen LogP contribution >= 0.6 is 0 Å². The molecule has 0 fully saturated rings. The summed E-state index contributed by atoms with van der Waals surface area (Å²) >= 11 is 0. The normalized spacial score (nSPS) is 12.9. The maximum absolute atomic E-state index is 11.8. The third-order valence-corrected chi connectivity index (χ3v) is 3.86. The van der Waals surface area contributed by atoms with Crippen molar-refractivity contribution in [3.63, 3.8) is 0 Å². The van der Waals surface area contributed by atoms with Crippen LogP contribution < -0.4 is 5.76 Å². The molecule has 1 atom stereocenters. The van der Waals surface area contributed by atoms with Crippen LogP contribution in [0, 0.1) is 0 Å². The van der Waals surface area contributed by atoms with E-state index in [1.807, 2.05) is 19.1 Å². The zero-order valence-electron chi connectivity index (χ0n) is 13.0. The van der Waals surface area contributed by atoms with Gasteiger partial charge in [-0.3, -0.25) is 4.57 Å². The molecule has 0 aliphatic rings. The lowest BCUT2D eigenvalue weighted by Gasteiger charge is -2.10. The fourth-order valence-electron chi connectivity index (χ4n) is 2.66. The first kappa shape index (κ1) is 15.8. The van der Waals surface area contributed by atoms with Crippen molar-refractivity contribution in [3.05, 3.63) is 34.3 Å². The number of hydrogen-bond donors (Lipinski definition) is 1. The molecule has 0 spiro atoms. The van der Waals surface area contributed by atoms with Gasteiger partial charge in [-0.2, -0.15) is 0 Å². The number of benzene rings is 1. The molecule has 21 heavy (non-hydrogen) atoms. The largest absolute Gasteiger partial charge is 0.419 e. The molecule has 1 unspecified atom stereocenters. The van der Waals surface area contributed by atoms with Crippen LogP contribution in [0.2, 0.25) is 0 Å². The molecule has 1 aromatic heterocycles. The Labute approximate surface area is 125 Å². The third-order valence-electron chi connectivity index (χ3n) is 3.86. The van der Waals surface area contributed by atoms with E-state index in [4.69, 9.17) is 4.42 Å². The lowest BCUT2D eigenvalue weighted by molar-refractivity contribution is 0.163. The van der Waals surface area contributed by atoms with E-state index in [0.717, 1.165) is 36.8 Å². The minimum Gasteiger partial charge on any atom is -0.408 e. The molecule has 0 aliphatic heterocycles. The van der Waals surface area contributed by atoms with Gasteiger partial charge in [-0.15, -0.1) is 0 Å². The number of unbranched alkanes of at least 4 members (excludes halogenated alkanes) is 3. The molecule has 4 nitrogen and oxygen atoms in total. The Hall–Kier alpha value is -1.55. The van der Waals surface area contributed by atoms with Crippen molar-refractivity contribution in [2.24, 2.45) is 0 Å². The van der Waals surface area contributed by atoms with Gasteiger partial charge in [0.25, 0.3) is 0 Å². The highest BCUT2D eigenvalue weighted by molar-refractivity contribution is 5.73. The maximum Gasteiger partial charge on any atom is 0.419 e. The summed E-state index contributed by atoms with van der Waals surface area (Å²) in [5.41, 5.74) is 2.21. The number of aliphatic hydroxyl groups is 1. The van der Waals surface area contributed by atoms with Crippen LogP contribution in [0.4, 0.5) is 0 Å². The van der Waals surface area contributed by atoms with E-state index in [1.165, 1.54) is 12.8 Å². The smallest absolute Gasteiger partial charge is 0.408 e. The monoisotopic (exact) mass is 291 g/mol. The Balaban J connectivity index is 2.13. The molecule has 1 heterocycles. The zero-order chi connectivity index (χ0) is 15.2. The summed E-state index contributed by atoms with van der Waals surface area (Å²) in [5, 5.41) is 10.2. The average molecular weight is 291 g/mol. The van der Waals surface area contributed by atoms with Gasteiger partial charge in [0, 0.05) is 6.54 Å². The van der Waals surface area contributed by atoms with Gasteiger partial charge in [0.15, 0.2) is 5.58 Å². The number of fused-ring (bicyclic) bond motifs is 1. The van der Waals surface area contributed by atoms with E-state index in [2.05, 4.69) is 6.92 Å². The van der Waals surface area contributed by atoms with Gasteiger partial charge in [0.1, 0.15) is 0 Å². The quantitative estimate of drug-likeness (QED) is 0.748. The zero-order valence-corrected chi connectivity index (χ0v) is 13.0. The number of nitrogens with zero attached hydrogens (tertiary/aromatic N) is 1. The Morgan fingerprint density at radius 2 is 2.00 bits per heavy atom. The molecule has 1 aromatic carbocycles. The first-order valence-electron chi connectivity index (χ1n) is 7.98. The molecule has 0 amide bonds. The highest BCUT2D eigenvalue weighted by Gasteiger charge is 2.13. The van der Waals surface area contributed by atoms with Crippen molar-refractivity contribution >= 4 is 11.1 Å². The van der Waals surface area contributed by atoms with E-state index >= 15 is 0 Å². The molecular weight excluding hydrogens is 266 g/mol. The van der Waals surface area contributed by atoms with Gasteiger partial charge >= 0.3 is 5.76 Å². The summed E-state index contributed by atoms with van der Waals surface area (Å²) in [6.45, 7) is 4.86. The molecule has 0 saturated heterocycles. The molecular formula is C17H25NO3. The van der Waals surface area contributed by atoms with Crippen molar-refractivity contribution in [3.8, 4) is 0 Å². The van der Waals surface area contributed by atoms with Crippen molar-refractivity contribution in [1.82, 2.24) is 4.57 Å². The fraction of sp³-hybridized carbons (Fsp3) is 0.588. The highest BCUT2D eigenvalue weighted by Crippen LogP contribution is 2.24. The SMILES string of the molecule is CCCCCCC(O)c1ccc2c(c1)oc(=O)n2CCC. The van der Waals surface area contributed by atoms with Crippen LogP contribution in [0.5, 0.6) is 0 Å². The highest BCUT2D eigenvalue weighted by atomic mass is 16.4. The molecule has 2 rings (SSSR count). The summed E-state index contributed by atoms with van der Waals surface area (Å²) in [5.74, 6) is -0.318. The van der Waals surface area contributed by atoms with Gasteiger partial charge in [-0.05, 0) is 30.5 Å². The van der Waals surface area contributed by atoms with Gasteiger partial charge in [-0.25, -0.2) is 4.79 Å². The van der Waals surface area contributed by atoms with Crippen LogP contribution in [0.25, 0.3) is 11.1 Å². The molecule has 0 bridgehead atoms. The Morgan fingerprint density at radius 3 is 2.71 bits per heavy atom. The maximum atomic E-state index is 11.8. The lowest BCUT2D eigenvalue weighted by atomic mass is 10.0. The minimum absolute atomic E-state index is 0.318. The number of aliphatic hydroxyl groups excluding tert-OH is 1. The first-order valence-corrected chi connectivity index (χ1v) is 7.98. The number of oxazole rings is 1. The number of aryl methyl sites for hydroxylation is 1. The fourth-order valence-corrected chi connectivity index (χ4v) is 2.66. The van der Waals surface area contributed by atoms with Crippen molar-refractivity contribution < 1.29 is 9.52 Å². The third kappa shape index (κ3) is 3.76. The summed E-state index contributed by atoms with van der Waals surface area (Å²) in [6, 6.07) is 5.57. The Kier molecular flexibility index (Phi) is 5.62. The van der Waals surface area contributed by atoms with Crippen molar-refractivity contribution in [2.75, 3.05) is 0 Å². The Morgan fingerprint density at radius 1 is 1.19 bits per heavy atom. The van der Waals surface area contributed by atoms with Gasteiger partial charge in [-0.1, -0.05) is 45.6 Å². The van der Waals surface area contributed by atoms with E-state index in [1.54, 1.807) is 10.6 Å². The predicted octanol–water partition coefficient (Wildman–Crippen LogP) is 4.01. The average Bonchev–Trinajstić information content (AvgIpc) is 2.79. The second kappa shape index (κ2) is 7.46. The lowest BCUT2D eigenvalue weighted by Crippen LogP contribution is -2.13. The van der Waals surface area contributed by atoms with Gasteiger partial charge in [0.05, 0.1) is 11.6 Å². The van der Waals surface area contributed by atoms with Crippen LogP contribution in [0.1, 0.15) is 64.0 Å². The summed E-state index contributed by atoms with van der Waals surface area (Å²) in [7, 11) is 0. The molecule has 0 saturated carbocycles. The van der Waals surface area contributed by atoms with Gasteiger partial charge < -0.3 is 9.52 Å². The second-order valence-corrected chi connectivity index (χ2v) is 5.61. The standard InChI is InChI=1S/C17H25NO3/c1-3-5-6-7-8-15(19)13-9-10-14-16(12-13)21-17(20)18(14)11-4-2/h9-10,12,15,19H,3-8,11H2,1-2H3. The summed E-state index contributed by atoms with van der Waals surface area (Å²) < 4.78 is 6.93. The number of aromatic nitrogens is 1. The second-order valence-electron chi connectivity index (χ2n) is 5.61. The van der Waals surface area contributed by atoms with Gasteiger partial charge in [0.2, 0.25) is 0 Å². The molecule has 4 heteroatoms. The summed E-state index contributed by atoms with van der Waals surface area (Å²) in [6.07, 6.45) is 5.73.